The number of fused-ring (bicyclic) bond motifs is 4. The lowest BCUT2D eigenvalue weighted by Crippen LogP contribution is -2.48. The first-order chi connectivity index (χ1) is 40.7. The molecule has 85 heavy (non-hydrogen) atoms. The summed E-state index contributed by atoms with van der Waals surface area (Å²) in [5.74, 6) is 2.80. The van der Waals surface area contributed by atoms with E-state index in [4.69, 9.17) is 85.9 Å². The highest BCUT2D eigenvalue weighted by atomic mass is 35.5. The molecule has 6 aliphatic rings. The molecule has 0 aliphatic heterocycles. The van der Waals surface area contributed by atoms with Gasteiger partial charge in [-0.25, -0.2) is 9.78 Å². The third kappa shape index (κ3) is 20.1. The molecule has 0 atom stereocenters. The third-order valence-electron chi connectivity index (χ3n) is 15.0. The molecule has 7 aromatic rings. The van der Waals surface area contributed by atoms with Crippen LogP contribution in [0.3, 0.4) is 0 Å². The molecule has 4 bridgehead atoms. The summed E-state index contributed by atoms with van der Waals surface area (Å²) >= 11 is 37.3. The van der Waals surface area contributed by atoms with Crippen molar-refractivity contribution in [2.24, 2.45) is 29.1 Å². The molecule has 446 valence electrons. The van der Waals surface area contributed by atoms with Crippen LogP contribution in [-0.4, -0.2) is 78.9 Å². The Balaban J connectivity index is 0.000000162. The Morgan fingerprint density at radius 1 is 0.529 bits per heavy atom. The fraction of sp³-hybridized carbons (Fsp3) is 0.308. The van der Waals surface area contributed by atoms with E-state index in [9.17, 15) is 33.6 Å². The summed E-state index contributed by atoms with van der Waals surface area (Å²) in [7, 11) is 1.63. The van der Waals surface area contributed by atoms with Gasteiger partial charge in [0, 0.05) is 54.7 Å². The summed E-state index contributed by atoms with van der Waals surface area (Å²) in [6.07, 6.45) is 10.8. The number of anilines is 3. The molecule has 5 fully saturated rings. The lowest BCUT2D eigenvalue weighted by molar-refractivity contribution is -0.135. The van der Waals surface area contributed by atoms with Crippen LogP contribution in [0.2, 0.25) is 0 Å². The average molecular weight is 1290 g/mol. The number of rotatable bonds is 10. The van der Waals surface area contributed by atoms with Crippen LogP contribution in [0.15, 0.2) is 170 Å². The highest BCUT2D eigenvalue weighted by molar-refractivity contribution is 6.68. The van der Waals surface area contributed by atoms with Gasteiger partial charge in [-0.05, 0) is 223 Å². The van der Waals surface area contributed by atoms with Crippen molar-refractivity contribution in [3.05, 3.63) is 187 Å². The van der Waals surface area contributed by atoms with Crippen molar-refractivity contribution in [2.75, 3.05) is 36.5 Å². The third-order valence-corrected chi connectivity index (χ3v) is 16.6. The topological polar surface area (TPSA) is 164 Å². The molecular weight excluding hydrogens is 1230 g/mol. The van der Waals surface area contributed by atoms with Gasteiger partial charge in [0.15, 0.2) is 0 Å². The maximum absolute atomic E-state index is 11.5. The molecular formula is C65H64Cl7N5O8. The highest BCUT2D eigenvalue weighted by Gasteiger charge is 2.54. The molecule has 5 saturated carbocycles. The second-order valence-corrected chi connectivity index (χ2v) is 23.0. The minimum Gasteiger partial charge on any atom is -0.453 e. The maximum atomic E-state index is 11.5. The van der Waals surface area contributed by atoms with Crippen LogP contribution in [0.5, 0.6) is 0 Å². The molecule has 20 heteroatoms. The largest absolute Gasteiger partial charge is 0.453 e. The number of amides is 3. The van der Waals surface area contributed by atoms with Gasteiger partial charge in [0.1, 0.15) is 12.3 Å². The number of carbonyl (C=O) groups is 7. The Morgan fingerprint density at radius 3 is 1.31 bits per heavy atom. The predicted molar refractivity (Wildman–Crippen MR) is 342 cm³/mol. The highest BCUT2D eigenvalue weighted by Crippen LogP contribution is 2.60. The van der Waals surface area contributed by atoms with Crippen LogP contribution in [0.25, 0.3) is 22.2 Å². The molecule has 0 radical (unpaired) electrons. The van der Waals surface area contributed by atoms with Crippen molar-refractivity contribution in [1.29, 1.82) is 0 Å². The van der Waals surface area contributed by atoms with Gasteiger partial charge in [-0.2, -0.15) is 0 Å². The first kappa shape index (κ1) is 67.7. The molecule has 0 spiro atoms. The predicted octanol–water partition coefficient (Wildman–Crippen LogP) is 18.7. The minimum atomic E-state index is -0.753. The van der Waals surface area contributed by atoms with Crippen molar-refractivity contribution in [3.63, 3.8) is 0 Å². The first-order valence-corrected chi connectivity index (χ1v) is 30.2. The van der Waals surface area contributed by atoms with Gasteiger partial charge in [-0.3, -0.25) is 38.7 Å². The van der Waals surface area contributed by atoms with E-state index in [1.165, 1.54) is 57.5 Å². The van der Waals surface area contributed by atoms with E-state index >= 15 is 0 Å². The fourth-order valence-corrected chi connectivity index (χ4v) is 12.2. The number of nitrogens with zero attached hydrogens (tertiary/aromatic N) is 5. The van der Waals surface area contributed by atoms with Gasteiger partial charge in [0.25, 0.3) is 5.24 Å². The normalized spacial score (nSPS) is 17.7. The van der Waals surface area contributed by atoms with E-state index in [0.29, 0.717) is 18.6 Å². The number of halogens is 7. The van der Waals surface area contributed by atoms with Crippen LogP contribution in [0.4, 0.5) is 36.2 Å². The van der Waals surface area contributed by atoms with E-state index in [0.717, 1.165) is 72.4 Å². The van der Waals surface area contributed by atoms with Gasteiger partial charge < -0.3 is 14.5 Å². The molecule has 1 aromatic heterocycles. The molecule has 0 N–H and O–H groups in total. The number of hydrogen-bond donors (Lipinski definition) is 0. The SMILES string of the molecule is CCN(CC)C(=O)Cl.CN(C(=O)Cl)c1ccccc1.O=C(Cl)C12CC3CC(CC(C3)C1)C2.O=C(Cl)C1CC1.O=C(Cl)N(c1ccccc1)c1ccccc1.O=C(Cl)OCC1c2ccccc2-c2ccccc21.O=C(Cl)c1cnc2ccccc2n1. The summed E-state index contributed by atoms with van der Waals surface area (Å²) in [6, 6.07) is 51.5. The zero-order valence-electron chi connectivity index (χ0n) is 47.0. The molecule has 0 saturated heterocycles. The number of ether oxygens (including phenoxy) is 1. The van der Waals surface area contributed by atoms with Gasteiger partial charge in [0.05, 0.1) is 28.6 Å². The van der Waals surface area contributed by atoms with E-state index < -0.39 is 21.4 Å². The Morgan fingerprint density at radius 2 is 0.953 bits per heavy atom. The maximum Gasteiger partial charge on any atom is 0.403 e. The Hall–Kier alpha value is -6.42. The number of aromatic nitrogens is 2. The fourth-order valence-electron chi connectivity index (χ4n) is 11.0. The quantitative estimate of drug-likeness (QED) is 0.0951. The van der Waals surface area contributed by atoms with Crippen molar-refractivity contribution < 1.29 is 38.3 Å². The second-order valence-electron chi connectivity index (χ2n) is 20.7. The smallest absolute Gasteiger partial charge is 0.403 e. The zero-order chi connectivity index (χ0) is 61.6. The number of hydrogen-bond acceptors (Lipinski definition) is 10. The molecule has 1 heterocycles. The van der Waals surface area contributed by atoms with Crippen molar-refractivity contribution in [2.45, 2.75) is 71.1 Å². The molecule has 0 unspecified atom stereocenters. The molecule has 6 aromatic carbocycles. The van der Waals surface area contributed by atoms with Crippen molar-refractivity contribution in [1.82, 2.24) is 14.9 Å². The Labute approximate surface area is 530 Å². The van der Waals surface area contributed by atoms with Gasteiger partial charge in [-0.1, -0.05) is 115 Å². The Kier molecular flexibility index (Phi) is 26.7. The molecule has 6 aliphatic carbocycles. The summed E-state index contributed by atoms with van der Waals surface area (Å²) in [6.45, 7) is 5.46. The van der Waals surface area contributed by atoms with Crippen molar-refractivity contribution >= 4 is 147 Å². The molecule has 13 rings (SSSR count). The van der Waals surface area contributed by atoms with Gasteiger partial charge >= 0.3 is 21.5 Å². The lowest BCUT2D eigenvalue weighted by atomic mass is 9.50. The Bertz CT molecular complexity index is 3250. The van der Waals surface area contributed by atoms with Crippen LogP contribution in [-0.2, 0) is 14.3 Å². The monoisotopic (exact) mass is 1290 g/mol. The van der Waals surface area contributed by atoms with E-state index in [1.54, 1.807) is 18.0 Å². The van der Waals surface area contributed by atoms with E-state index in [2.05, 4.69) is 34.2 Å². The summed E-state index contributed by atoms with van der Waals surface area (Å²) in [5.41, 5.74) is 7.90. The number of benzene rings is 6. The van der Waals surface area contributed by atoms with Crippen LogP contribution in [0, 0.1) is 29.1 Å². The number of carbonyl (C=O) groups excluding carboxylic acids is 7. The van der Waals surface area contributed by atoms with Crippen LogP contribution >= 0.6 is 81.2 Å². The average Bonchev–Trinajstić information content (AvgIpc) is 4.53. The van der Waals surface area contributed by atoms with E-state index in [-0.39, 0.29) is 45.4 Å². The molecule has 13 nitrogen and oxygen atoms in total. The minimum absolute atomic E-state index is 0.0356. The van der Waals surface area contributed by atoms with Crippen LogP contribution < -0.4 is 9.80 Å². The number of para-hydroxylation sites is 5. The van der Waals surface area contributed by atoms with E-state index in [1.807, 2.05) is 147 Å². The summed E-state index contributed by atoms with van der Waals surface area (Å²) in [4.78, 5) is 87.8. The van der Waals surface area contributed by atoms with Crippen molar-refractivity contribution in [3.8, 4) is 11.1 Å². The molecule has 3 amide bonds. The standard InChI is InChI=1S/C15H11ClO2.C13H10ClNO.C11H15ClO.C9H5ClN2O.C8H8ClNO.C5H10ClNO.C4H5ClO/c16-15(17)18-9-14-12-7-3-1-5-10(12)11-6-2-4-8-13(11)14;14-13(16)15(11-7-3-1-4-8-11)12-9-5-2-6-10-12;12-10(13)11-4-7-1-8(5-11)3-9(2-7)6-11;10-9(13)8-5-11-6-3-1-2-4-7(6)12-8;1-10(8(9)11)7-5-3-2-4-6-7;1-3-7(4-2)5(6)8;5-4(6)3-1-2-3/h1-8,14H,9H2;1-10H;7-9H,1-6H2;1-5H;2-6H,1H3;3-4H2,1-2H3;3H,1-2H2. The first-order valence-electron chi connectivity index (χ1n) is 27.6. The lowest BCUT2D eigenvalue weighted by Gasteiger charge is -2.55. The second kappa shape index (κ2) is 33.5. The van der Waals surface area contributed by atoms with Gasteiger partial charge in [-0.15, -0.1) is 0 Å². The van der Waals surface area contributed by atoms with Gasteiger partial charge in [0.2, 0.25) is 10.5 Å². The zero-order valence-corrected chi connectivity index (χ0v) is 52.3. The summed E-state index contributed by atoms with van der Waals surface area (Å²) in [5, 5.41) is -2.14. The van der Waals surface area contributed by atoms with Crippen LogP contribution in [0.1, 0.15) is 92.7 Å². The summed E-state index contributed by atoms with van der Waals surface area (Å²) < 4.78 is 4.97.